The molecule has 0 unspecified atom stereocenters. The molecule has 0 saturated carbocycles. The van der Waals surface area contributed by atoms with Gasteiger partial charge in [-0.2, -0.15) is 0 Å². The molecule has 1 heterocycles. The average Bonchev–Trinajstić information content (AvgIpc) is 3.29. The first kappa shape index (κ1) is 21.6. The maximum absolute atomic E-state index is 13.0. The number of anilines is 3. The molecule has 1 N–H and O–H groups in total. The summed E-state index contributed by atoms with van der Waals surface area (Å²) in [5.74, 6) is 0.634. The lowest BCUT2D eigenvalue weighted by molar-refractivity contribution is -0.116. The van der Waals surface area contributed by atoms with E-state index in [1.807, 2.05) is 98.8 Å². The van der Waals surface area contributed by atoms with E-state index in [9.17, 15) is 4.79 Å². The first-order chi connectivity index (χ1) is 15.6. The van der Waals surface area contributed by atoms with Crippen molar-refractivity contribution in [2.45, 2.75) is 25.1 Å². The number of amides is 1. The van der Waals surface area contributed by atoms with Crippen LogP contribution in [0.2, 0.25) is 0 Å². The zero-order valence-corrected chi connectivity index (χ0v) is 18.8. The summed E-state index contributed by atoms with van der Waals surface area (Å²) in [6.45, 7) is 4.00. The molecule has 4 aromatic rings. The smallest absolute Gasteiger partial charge is 0.277 e. The molecule has 0 aliphatic carbocycles. The van der Waals surface area contributed by atoms with Crippen LogP contribution in [0.3, 0.4) is 0 Å². The SMILES string of the molecule is CC(C)N(C(=O)CSc1nnc(-c2ccccc2)o1)c1ccc(Nc2ccccc2)cc1. The summed E-state index contributed by atoms with van der Waals surface area (Å²) < 4.78 is 5.70. The Bertz CT molecular complexity index is 1150. The lowest BCUT2D eigenvalue weighted by Gasteiger charge is -2.27. The summed E-state index contributed by atoms with van der Waals surface area (Å²) in [4.78, 5) is 14.8. The van der Waals surface area contributed by atoms with Crippen molar-refractivity contribution < 1.29 is 9.21 Å². The second-order valence-electron chi connectivity index (χ2n) is 7.42. The standard InChI is InChI=1S/C25H24N4O2S/c1-18(2)29(22-15-13-21(14-16-22)26-20-11-7-4-8-12-20)23(30)17-32-25-28-27-24(31-25)19-9-5-3-6-10-19/h3-16,18,26H,17H2,1-2H3. The van der Waals surface area contributed by atoms with Crippen LogP contribution in [0.25, 0.3) is 11.5 Å². The fraction of sp³-hybridized carbons (Fsp3) is 0.160. The van der Waals surface area contributed by atoms with Gasteiger partial charge >= 0.3 is 0 Å². The molecule has 3 aromatic carbocycles. The fourth-order valence-corrected chi connectivity index (χ4v) is 3.90. The summed E-state index contributed by atoms with van der Waals surface area (Å²) in [5.41, 5.74) is 3.68. The van der Waals surface area contributed by atoms with Gasteiger partial charge in [0.1, 0.15) is 0 Å². The number of rotatable bonds is 8. The van der Waals surface area contributed by atoms with Crippen LogP contribution in [-0.4, -0.2) is 27.9 Å². The number of nitrogens with zero attached hydrogens (tertiary/aromatic N) is 3. The van der Waals surface area contributed by atoms with E-state index in [4.69, 9.17) is 4.42 Å². The fourth-order valence-electron chi connectivity index (χ4n) is 3.28. The Morgan fingerprint density at radius 2 is 1.53 bits per heavy atom. The molecular formula is C25H24N4O2S. The van der Waals surface area contributed by atoms with E-state index in [2.05, 4.69) is 15.5 Å². The van der Waals surface area contributed by atoms with Crippen molar-refractivity contribution in [1.82, 2.24) is 10.2 Å². The molecule has 0 fully saturated rings. The molecule has 0 radical (unpaired) electrons. The molecule has 1 aromatic heterocycles. The number of thioether (sulfide) groups is 1. The van der Waals surface area contributed by atoms with Gasteiger partial charge in [-0.05, 0) is 62.4 Å². The second-order valence-corrected chi connectivity index (χ2v) is 8.35. The zero-order chi connectivity index (χ0) is 22.3. The lowest BCUT2D eigenvalue weighted by atomic mass is 10.2. The van der Waals surface area contributed by atoms with Crippen LogP contribution in [0.4, 0.5) is 17.1 Å². The highest BCUT2D eigenvalue weighted by Gasteiger charge is 2.20. The second kappa shape index (κ2) is 10.2. The van der Waals surface area contributed by atoms with Crippen LogP contribution in [0, 0.1) is 0 Å². The van der Waals surface area contributed by atoms with Gasteiger partial charge in [0.05, 0.1) is 5.75 Å². The summed E-state index contributed by atoms with van der Waals surface area (Å²) >= 11 is 1.25. The normalized spacial score (nSPS) is 10.8. The van der Waals surface area contributed by atoms with E-state index in [1.165, 1.54) is 11.8 Å². The highest BCUT2D eigenvalue weighted by atomic mass is 32.2. The van der Waals surface area contributed by atoms with Crippen LogP contribution in [-0.2, 0) is 4.79 Å². The Morgan fingerprint density at radius 1 is 0.906 bits per heavy atom. The van der Waals surface area contributed by atoms with E-state index < -0.39 is 0 Å². The van der Waals surface area contributed by atoms with Crippen LogP contribution >= 0.6 is 11.8 Å². The predicted molar refractivity (Wildman–Crippen MR) is 129 cm³/mol. The molecule has 0 aliphatic heterocycles. The third-order valence-electron chi connectivity index (χ3n) is 4.74. The number of para-hydroxylation sites is 1. The zero-order valence-electron chi connectivity index (χ0n) is 17.9. The highest BCUT2D eigenvalue weighted by Crippen LogP contribution is 2.26. The maximum Gasteiger partial charge on any atom is 0.277 e. The molecule has 0 saturated heterocycles. The largest absolute Gasteiger partial charge is 0.411 e. The van der Waals surface area contributed by atoms with Gasteiger partial charge in [0.2, 0.25) is 11.8 Å². The minimum atomic E-state index is -0.0202. The van der Waals surface area contributed by atoms with Gasteiger partial charge in [-0.3, -0.25) is 4.79 Å². The van der Waals surface area contributed by atoms with Crippen molar-refractivity contribution in [2.75, 3.05) is 16.0 Å². The van der Waals surface area contributed by atoms with Crippen molar-refractivity contribution in [3.63, 3.8) is 0 Å². The van der Waals surface area contributed by atoms with Gasteiger partial charge < -0.3 is 14.6 Å². The maximum atomic E-state index is 13.0. The van der Waals surface area contributed by atoms with E-state index in [-0.39, 0.29) is 17.7 Å². The molecule has 0 atom stereocenters. The molecule has 6 nitrogen and oxygen atoms in total. The quantitative estimate of drug-likeness (QED) is 0.335. The number of carbonyl (C=O) groups is 1. The van der Waals surface area contributed by atoms with Gasteiger partial charge in [-0.15, -0.1) is 10.2 Å². The van der Waals surface area contributed by atoms with E-state index >= 15 is 0 Å². The summed E-state index contributed by atoms with van der Waals surface area (Å²) in [6, 6.07) is 27.4. The van der Waals surface area contributed by atoms with Crippen molar-refractivity contribution in [2.24, 2.45) is 0 Å². The monoisotopic (exact) mass is 444 g/mol. The lowest BCUT2D eigenvalue weighted by Crippen LogP contribution is -2.38. The topological polar surface area (TPSA) is 71.3 Å². The number of hydrogen-bond acceptors (Lipinski definition) is 6. The summed E-state index contributed by atoms with van der Waals surface area (Å²) in [6.07, 6.45) is 0. The first-order valence-corrected chi connectivity index (χ1v) is 11.3. The van der Waals surface area contributed by atoms with Gasteiger partial charge in [0.25, 0.3) is 5.22 Å². The number of carbonyl (C=O) groups excluding carboxylic acids is 1. The summed E-state index contributed by atoms with van der Waals surface area (Å²) in [7, 11) is 0. The minimum absolute atomic E-state index is 0.0126. The molecule has 1 amide bonds. The Kier molecular flexibility index (Phi) is 6.87. The number of nitrogens with one attached hydrogen (secondary N) is 1. The molecule has 4 rings (SSSR count). The Morgan fingerprint density at radius 3 is 2.19 bits per heavy atom. The predicted octanol–water partition coefficient (Wildman–Crippen LogP) is 6.01. The van der Waals surface area contributed by atoms with Crippen molar-refractivity contribution in [3.05, 3.63) is 84.9 Å². The van der Waals surface area contributed by atoms with E-state index in [0.29, 0.717) is 11.1 Å². The van der Waals surface area contributed by atoms with Crippen LogP contribution in [0.15, 0.2) is 94.6 Å². The van der Waals surface area contributed by atoms with Gasteiger partial charge in [-0.1, -0.05) is 48.2 Å². The van der Waals surface area contributed by atoms with Crippen LogP contribution < -0.4 is 10.2 Å². The number of hydrogen-bond donors (Lipinski definition) is 1. The molecule has 32 heavy (non-hydrogen) atoms. The number of benzene rings is 3. The highest BCUT2D eigenvalue weighted by molar-refractivity contribution is 7.99. The Balaban J connectivity index is 1.40. The van der Waals surface area contributed by atoms with E-state index in [0.717, 1.165) is 22.6 Å². The molecule has 162 valence electrons. The number of aromatic nitrogens is 2. The molecule has 0 bridgehead atoms. The van der Waals surface area contributed by atoms with Gasteiger partial charge in [0.15, 0.2) is 0 Å². The van der Waals surface area contributed by atoms with Crippen molar-refractivity contribution >= 4 is 34.7 Å². The van der Waals surface area contributed by atoms with Gasteiger partial charge in [-0.25, -0.2) is 0 Å². The minimum Gasteiger partial charge on any atom is -0.411 e. The van der Waals surface area contributed by atoms with Crippen LogP contribution in [0.5, 0.6) is 0 Å². The van der Waals surface area contributed by atoms with Gasteiger partial charge in [0, 0.05) is 28.7 Å². The Hall–Kier alpha value is -3.58. The molecule has 0 spiro atoms. The third kappa shape index (κ3) is 5.36. The van der Waals surface area contributed by atoms with Crippen LogP contribution in [0.1, 0.15) is 13.8 Å². The van der Waals surface area contributed by atoms with Crippen molar-refractivity contribution in [1.29, 1.82) is 0 Å². The first-order valence-electron chi connectivity index (χ1n) is 10.4. The molecule has 7 heteroatoms. The van der Waals surface area contributed by atoms with E-state index in [1.54, 1.807) is 4.90 Å². The third-order valence-corrected chi connectivity index (χ3v) is 5.54. The average molecular weight is 445 g/mol. The Labute approximate surface area is 191 Å². The van der Waals surface area contributed by atoms with Crippen molar-refractivity contribution in [3.8, 4) is 11.5 Å². The molecular weight excluding hydrogens is 420 g/mol. The summed E-state index contributed by atoms with van der Waals surface area (Å²) in [5, 5.41) is 11.9. The molecule has 0 aliphatic rings.